The SMILES string of the molecule is CCCN(CCC)C(=O)c1cc(C)cc(C(=O)N[C@@H](CCSc2ccccc2)[C@H](O)CNCc2cccc(OC)c2)c1. The van der Waals surface area contributed by atoms with E-state index in [1.54, 1.807) is 31.0 Å². The number of aliphatic hydroxyl groups excluding tert-OH is 1. The van der Waals surface area contributed by atoms with Crippen molar-refractivity contribution in [1.29, 1.82) is 0 Å². The highest BCUT2D eigenvalue weighted by atomic mass is 32.2. The van der Waals surface area contributed by atoms with Crippen molar-refractivity contribution in [3.63, 3.8) is 0 Å². The lowest BCUT2D eigenvalue weighted by molar-refractivity contribution is 0.0755. The Hall–Kier alpha value is -3.33. The van der Waals surface area contributed by atoms with Crippen molar-refractivity contribution in [2.45, 2.75) is 63.6 Å². The molecule has 0 aliphatic heterocycles. The molecule has 0 spiro atoms. The first-order valence-corrected chi connectivity index (χ1v) is 15.7. The molecule has 0 radical (unpaired) electrons. The molecule has 2 amide bonds. The zero-order valence-electron chi connectivity index (χ0n) is 25.3. The van der Waals surface area contributed by atoms with E-state index in [-0.39, 0.29) is 11.8 Å². The lowest BCUT2D eigenvalue weighted by atomic mass is 10.0. The van der Waals surface area contributed by atoms with Gasteiger partial charge in [0.25, 0.3) is 11.8 Å². The molecule has 0 saturated carbocycles. The van der Waals surface area contributed by atoms with Crippen molar-refractivity contribution < 1.29 is 19.4 Å². The minimum absolute atomic E-state index is 0.0611. The first-order valence-electron chi connectivity index (χ1n) is 14.8. The van der Waals surface area contributed by atoms with Gasteiger partial charge in [0.15, 0.2) is 0 Å². The zero-order valence-corrected chi connectivity index (χ0v) is 26.1. The molecular weight excluding hydrogens is 546 g/mol. The first kappa shape index (κ1) is 33.2. The minimum atomic E-state index is -0.813. The molecule has 42 heavy (non-hydrogen) atoms. The fraction of sp³-hybridized carbons (Fsp3) is 0.412. The molecule has 0 fully saturated rings. The Balaban J connectivity index is 1.71. The fourth-order valence-electron chi connectivity index (χ4n) is 4.80. The van der Waals surface area contributed by atoms with Crippen LogP contribution in [-0.4, -0.2) is 66.5 Å². The van der Waals surface area contributed by atoms with Crippen LogP contribution in [0.1, 0.15) is 65.0 Å². The Kier molecular flexibility index (Phi) is 13.9. The van der Waals surface area contributed by atoms with Crippen molar-refractivity contribution in [2.75, 3.05) is 32.5 Å². The monoisotopic (exact) mass is 591 g/mol. The zero-order chi connectivity index (χ0) is 30.3. The number of amides is 2. The Morgan fingerprint density at radius 3 is 2.36 bits per heavy atom. The summed E-state index contributed by atoms with van der Waals surface area (Å²) in [6.07, 6.45) is 1.51. The molecule has 3 N–H and O–H groups in total. The van der Waals surface area contributed by atoms with E-state index in [4.69, 9.17) is 4.74 Å². The van der Waals surface area contributed by atoms with Gasteiger partial charge in [-0.3, -0.25) is 9.59 Å². The standard InChI is InChI=1S/C34H45N3O4S/c1-5-16-37(17-6-2)34(40)28-20-25(3)19-27(22-28)33(39)36-31(15-18-42-30-13-8-7-9-14-30)32(38)24-35-23-26-11-10-12-29(21-26)41-4/h7-14,19-22,31-32,35,38H,5-6,15-18,23-24H2,1-4H3,(H,36,39)/t31-,32+/m0/s1. The average Bonchev–Trinajstić information content (AvgIpc) is 3.00. The van der Waals surface area contributed by atoms with Gasteiger partial charge in [-0.15, -0.1) is 11.8 Å². The van der Waals surface area contributed by atoms with E-state index in [0.717, 1.165) is 40.4 Å². The number of ether oxygens (including phenoxy) is 1. The van der Waals surface area contributed by atoms with E-state index in [1.807, 2.05) is 60.4 Å². The molecule has 7 nitrogen and oxygen atoms in total. The lowest BCUT2D eigenvalue weighted by Gasteiger charge is -2.25. The molecule has 0 bridgehead atoms. The van der Waals surface area contributed by atoms with Gasteiger partial charge in [-0.25, -0.2) is 0 Å². The van der Waals surface area contributed by atoms with E-state index in [0.29, 0.717) is 43.7 Å². The van der Waals surface area contributed by atoms with Crippen LogP contribution in [0, 0.1) is 6.92 Å². The number of aryl methyl sites for hydroxylation is 1. The van der Waals surface area contributed by atoms with Gasteiger partial charge in [-0.1, -0.05) is 44.2 Å². The molecule has 0 saturated heterocycles. The molecule has 0 unspecified atom stereocenters. The summed E-state index contributed by atoms with van der Waals surface area (Å²) in [5, 5.41) is 17.6. The number of rotatable bonds is 17. The van der Waals surface area contributed by atoms with Crippen LogP contribution in [0.15, 0.2) is 77.7 Å². The summed E-state index contributed by atoms with van der Waals surface area (Å²) in [4.78, 5) is 29.8. The van der Waals surface area contributed by atoms with E-state index in [1.165, 1.54) is 0 Å². The van der Waals surface area contributed by atoms with Gasteiger partial charge in [-0.05, 0) is 79.8 Å². The van der Waals surface area contributed by atoms with Crippen molar-refractivity contribution >= 4 is 23.6 Å². The highest BCUT2D eigenvalue weighted by molar-refractivity contribution is 7.99. The molecule has 3 rings (SSSR count). The second-order valence-corrected chi connectivity index (χ2v) is 11.6. The van der Waals surface area contributed by atoms with Crippen molar-refractivity contribution in [1.82, 2.24) is 15.5 Å². The number of hydrogen-bond donors (Lipinski definition) is 3. The Morgan fingerprint density at radius 2 is 1.67 bits per heavy atom. The van der Waals surface area contributed by atoms with Crippen LogP contribution < -0.4 is 15.4 Å². The average molecular weight is 592 g/mol. The fourth-order valence-corrected chi connectivity index (χ4v) is 5.75. The molecule has 226 valence electrons. The van der Waals surface area contributed by atoms with Crippen molar-refractivity contribution in [2.24, 2.45) is 0 Å². The summed E-state index contributed by atoms with van der Waals surface area (Å²) in [6, 6.07) is 22.7. The predicted molar refractivity (Wildman–Crippen MR) is 171 cm³/mol. The van der Waals surface area contributed by atoms with E-state index in [9.17, 15) is 14.7 Å². The second-order valence-electron chi connectivity index (χ2n) is 10.5. The Labute approximate surface area is 255 Å². The Morgan fingerprint density at radius 1 is 0.952 bits per heavy atom. The van der Waals surface area contributed by atoms with Crippen LogP contribution in [0.25, 0.3) is 0 Å². The number of methoxy groups -OCH3 is 1. The van der Waals surface area contributed by atoms with Gasteiger partial charge >= 0.3 is 0 Å². The van der Waals surface area contributed by atoms with Crippen LogP contribution >= 0.6 is 11.8 Å². The quantitative estimate of drug-likeness (QED) is 0.175. The first-order chi connectivity index (χ1) is 20.3. The van der Waals surface area contributed by atoms with Gasteiger partial charge < -0.3 is 25.4 Å². The molecular formula is C34H45N3O4S. The number of benzene rings is 3. The maximum absolute atomic E-state index is 13.5. The molecule has 0 aliphatic carbocycles. The normalized spacial score (nSPS) is 12.4. The second kappa shape index (κ2) is 17.6. The largest absolute Gasteiger partial charge is 0.497 e. The highest BCUT2D eigenvalue weighted by Crippen LogP contribution is 2.20. The van der Waals surface area contributed by atoms with Gasteiger partial charge in [0.2, 0.25) is 0 Å². The van der Waals surface area contributed by atoms with Crippen LogP contribution in [0.5, 0.6) is 5.75 Å². The summed E-state index contributed by atoms with van der Waals surface area (Å²) in [5.74, 6) is 1.14. The molecule has 8 heteroatoms. The number of carbonyl (C=O) groups is 2. The highest BCUT2D eigenvalue weighted by Gasteiger charge is 2.23. The van der Waals surface area contributed by atoms with E-state index >= 15 is 0 Å². The van der Waals surface area contributed by atoms with Crippen LogP contribution in [0.3, 0.4) is 0 Å². The van der Waals surface area contributed by atoms with Crippen molar-refractivity contribution in [3.8, 4) is 5.75 Å². The molecule has 0 aromatic heterocycles. The maximum Gasteiger partial charge on any atom is 0.253 e. The molecule has 3 aromatic rings. The van der Waals surface area contributed by atoms with Crippen LogP contribution in [0.4, 0.5) is 0 Å². The van der Waals surface area contributed by atoms with Gasteiger partial charge in [0.05, 0.1) is 19.3 Å². The summed E-state index contributed by atoms with van der Waals surface area (Å²) < 4.78 is 5.30. The van der Waals surface area contributed by atoms with Crippen molar-refractivity contribution in [3.05, 3.63) is 95.1 Å². The number of nitrogens with one attached hydrogen (secondary N) is 2. The third-order valence-corrected chi connectivity index (χ3v) is 7.94. The summed E-state index contributed by atoms with van der Waals surface area (Å²) in [6.45, 7) is 8.22. The number of carbonyl (C=O) groups excluding carboxylic acids is 2. The number of hydrogen-bond acceptors (Lipinski definition) is 6. The topological polar surface area (TPSA) is 90.9 Å². The molecule has 0 aliphatic rings. The molecule has 3 aromatic carbocycles. The minimum Gasteiger partial charge on any atom is -0.497 e. The third-order valence-electron chi connectivity index (χ3n) is 6.90. The molecule has 0 heterocycles. The van der Waals surface area contributed by atoms with Gasteiger partial charge in [0, 0.05) is 48.0 Å². The van der Waals surface area contributed by atoms with E-state index in [2.05, 4.69) is 36.6 Å². The summed E-state index contributed by atoms with van der Waals surface area (Å²) in [7, 11) is 1.64. The predicted octanol–water partition coefficient (Wildman–Crippen LogP) is 5.70. The lowest BCUT2D eigenvalue weighted by Crippen LogP contribution is -2.47. The number of nitrogens with zero attached hydrogens (tertiary/aromatic N) is 1. The number of thioether (sulfide) groups is 1. The maximum atomic E-state index is 13.5. The summed E-state index contributed by atoms with van der Waals surface area (Å²) >= 11 is 1.69. The van der Waals surface area contributed by atoms with Gasteiger partial charge in [-0.2, -0.15) is 0 Å². The third kappa shape index (κ3) is 10.5. The smallest absolute Gasteiger partial charge is 0.253 e. The Bertz CT molecular complexity index is 1260. The summed E-state index contributed by atoms with van der Waals surface area (Å²) in [5.41, 5.74) is 2.82. The number of aliphatic hydroxyl groups is 1. The van der Waals surface area contributed by atoms with Crippen LogP contribution in [0.2, 0.25) is 0 Å². The van der Waals surface area contributed by atoms with E-state index < -0.39 is 12.1 Å². The van der Waals surface area contributed by atoms with Gasteiger partial charge in [0.1, 0.15) is 5.75 Å². The molecule has 2 atom stereocenters. The van der Waals surface area contributed by atoms with Crippen LogP contribution in [-0.2, 0) is 6.54 Å².